The fourth-order valence-corrected chi connectivity index (χ4v) is 9.26. The monoisotopic (exact) mass is 1010 g/mol. The zero-order valence-electron chi connectivity index (χ0n) is 42.4. The second kappa shape index (κ2) is 25.5. The van der Waals surface area contributed by atoms with Crippen molar-refractivity contribution in [2.45, 2.75) is 123 Å². The minimum atomic E-state index is -1.60. The lowest BCUT2D eigenvalue weighted by molar-refractivity contribution is -0.241. The number of aliphatic hydroxyl groups is 3. The molecule has 4 aromatic rings. The summed E-state index contributed by atoms with van der Waals surface area (Å²) in [5.41, 5.74) is 12.0. The molecule has 0 spiro atoms. The number of carbonyl (C=O) groups excluding carboxylic acids is 5. The van der Waals surface area contributed by atoms with E-state index in [0.717, 1.165) is 49.2 Å². The number of anilines is 3. The molecule has 6 atom stereocenters. The fraction of sp³-hybridized carbons (Fsp3) is 0.558. The van der Waals surface area contributed by atoms with Crippen molar-refractivity contribution in [1.82, 2.24) is 34.6 Å². The molecule has 21 heteroatoms. The molecule has 0 saturated carbocycles. The van der Waals surface area contributed by atoms with Crippen molar-refractivity contribution in [2.75, 3.05) is 68.8 Å². The molecular weight excluding hydrogens is 941 g/mol. The Morgan fingerprint density at radius 2 is 1.71 bits per heavy atom. The predicted octanol–water partition coefficient (Wildman–Crippen LogP) is 3.89. The van der Waals surface area contributed by atoms with Gasteiger partial charge in [0.15, 0.2) is 5.82 Å². The van der Waals surface area contributed by atoms with Crippen molar-refractivity contribution in [3.05, 3.63) is 70.9 Å². The van der Waals surface area contributed by atoms with Crippen molar-refractivity contribution in [3.8, 4) is 5.75 Å². The highest BCUT2D eigenvalue weighted by molar-refractivity contribution is 6.03. The summed E-state index contributed by atoms with van der Waals surface area (Å²) in [4.78, 5) is 77.9. The lowest BCUT2D eigenvalue weighted by Crippen LogP contribution is -2.54. The van der Waals surface area contributed by atoms with Crippen molar-refractivity contribution in [1.29, 1.82) is 0 Å². The molecule has 2 aromatic carbocycles. The molecule has 3 aliphatic rings. The van der Waals surface area contributed by atoms with E-state index in [1.807, 2.05) is 12.3 Å². The average Bonchev–Trinajstić information content (AvgIpc) is 3.88. The van der Waals surface area contributed by atoms with Crippen LogP contribution in [0.2, 0.25) is 0 Å². The molecule has 3 aliphatic heterocycles. The molecule has 5 amide bonds. The Kier molecular flexibility index (Phi) is 19.0. The summed E-state index contributed by atoms with van der Waals surface area (Å²) in [5.74, 6) is -0.627. The number of aliphatic hydroxyl groups excluding tert-OH is 3. The van der Waals surface area contributed by atoms with Crippen LogP contribution in [0.5, 0.6) is 5.75 Å². The number of fused-ring (bicyclic) bond motifs is 1. The number of aryl methyl sites for hydroxylation is 1. The van der Waals surface area contributed by atoms with Gasteiger partial charge < -0.3 is 60.7 Å². The maximum Gasteiger partial charge on any atom is 0.410 e. The number of unbranched alkanes of at least 4 members (excludes halogenated alkanes) is 3. The number of hydrogen-bond donors (Lipinski definition) is 7. The van der Waals surface area contributed by atoms with Crippen molar-refractivity contribution in [3.63, 3.8) is 0 Å². The molecule has 3 fully saturated rings. The lowest BCUT2D eigenvalue weighted by atomic mass is 10.0. The van der Waals surface area contributed by atoms with Crippen LogP contribution in [0.3, 0.4) is 0 Å². The van der Waals surface area contributed by atoms with E-state index >= 15 is 0 Å². The van der Waals surface area contributed by atoms with Crippen molar-refractivity contribution >= 4 is 58.2 Å². The number of rotatable bonds is 23. The Morgan fingerprint density at radius 1 is 0.932 bits per heavy atom. The number of ether oxygens (including phenoxy) is 3. The summed E-state index contributed by atoms with van der Waals surface area (Å²) in [7, 11) is 0. The van der Waals surface area contributed by atoms with Crippen molar-refractivity contribution < 1.29 is 53.5 Å². The molecular formula is C52H72N10O11. The first-order valence-electron chi connectivity index (χ1n) is 25.5. The van der Waals surface area contributed by atoms with Crippen molar-refractivity contribution in [2.24, 2.45) is 11.8 Å². The van der Waals surface area contributed by atoms with E-state index in [2.05, 4.69) is 67.4 Å². The van der Waals surface area contributed by atoms with Gasteiger partial charge in [-0.1, -0.05) is 64.3 Å². The number of nitrogens with one attached hydrogen (secondary N) is 3. The molecule has 3 saturated heterocycles. The number of benzene rings is 2. The third kappa shape index (κ3) is 14.4. The van der Waals surface area contributed by atoms with E-state index in [9.17, 15) is 39.3 Å². The molecule has 2 aromatic heterocycles. The first kappa shape index (κ1) is 54.4. The van der Waals surface area contributed by atoms with E-state index in [1.165, 1.54) is 27.7 Å². The van der Waals surface area contributed by atoms with Gasteiger partial charge in [-0.05, 0) is 66.6 Å². The van der Waals surface area contributed by atoms with Gasteiger partial charge in [-0.3, -0.25) is 29.0 Å². The number of nitrogen functional groups attached to an aromatic ring is 1. The molecule has 8 N–H and O–H groups in total. The zero-order valence-corrected chi connectivity index (χ0v) is 42.4. The molecule has 396 valence electrons. The van der Waals surface area contributed by atoms with Gasteiger partial charge in [-0.25, -0.2) is 9.78 Å². The number of nitrogens with two attached hydrogens (primary N) is 1. The number of carbonyl (C=O) groups is 5. The Hall–Kier alpha value is -6.39. The summed E-state index contributed by atoms with van der Waals surface area (Å²) >= 11 is 0. The van der Waals surface area contributed by atoms with Gasteiger partial charge in [0.25, 0.3) is 0 Å². The van der Waals surface area contributed by atoms with Gasteiger partial charge in [-0.15, -0.1) is 0 Å². The van der Waals surface area contributed by atoms with Crippen LogP contribution in [-0.4, -0.2) is 151 Å². The standard InChI is InChI=1S/C52H72N10O11/c1-5-6-8-17-54-47-44-38(57-51(53)58-47)16-20-61(44)29-37-13-11-35(25-33(37)3)28-59-21-23-60(24-22-59)52(70)72-30-36-12-14-41(73-50-46(67)45(66)40(63)31-71-50)39(27-36)56-42(64)15-18-55-48(68)32(2)10-7-9-19-62-43(65)26-34(4)49(62)69/h11-14,16,20,25,27,32,34,40,45-46,50,63,66-67H,5-10,15,17-19,21-24,26,28-31H2,1-4H3,(H,55,68)(H,56,64)(H3,53,54,57,58)/t32?,34?,40-,45+,46-,50+/m1/s1. The normalized spacial score (nSPS) is 20.8. The summed E-state index contributed by atoms with van der Waals surface area (Å²) in [5, 5.41) is 39.8. The smallest absolute Gasteiger partial charge is 0.410 e. The van der Waals surface area contributed by atoms with Crippen LogP contribution >= 0.6 is 0 Å². The highest BCUT2D eigenvalue weighted by atomic mass is 16.7. The van der Waals surface area contributed by atoms with Crippen LogP contribution < -0.4 is 26.4 Å². The maximum atomic E-state index is 13.3. The van der Waals surface area contributed by atoms with Crippen LogP contribution in [0.25, 0.3) is 11.0 Å². The van der Waals surface area contributed by atoms with E-state index in [1.54, 1.807) is 30.9 Å². The molecule has 73 heavy (non-hydrogen) atoms. The second-order valence-electron chi connectivity index (χ2n) is 19.5. The van der Waals surface area contributed by atoms with Gasteiger partial charge in [0.1, 0.15) is 36.2 Å². The lowest BCUT2D eigenvalue weighted by Gasteiger charge is -2.35. The summed E-state index contributed by atoms with van der Waals surface area (Å²) in [6.07, 6.45) is 0.923. The first-order valence-corrected chi connectivity index (χ1v) is 25.5. The first-order chi connectivity index (χ1) is 35.1. The Morgan fingerprint density at radius 3 is 2.45 bits per heavy atom. The number of aromatic nitrogens is 3. The summed E-state index contributed by atoms with van der Waals surface area (Å²) in [6, 6.07) is 13.2. The van der Waals surface area contributed by atoms with Crippen LogP contribution in [-0.2, 0) is 48.3 Å². The largest absolute Gasteiger partial charge is 0.460 e. The van der Waals surface area contributed by atoms with Crippen LogP contribution in [0.4, 0.5) is 22.2 Å². The van der Waals surface area contributed by atoms with E-state index < -0.39 is 36.6 Å². The van der Waals surface area contributed by atoms with Crippen LogP contribution in [0.1, 0.15) is 94.4 Å². The van der Waals surface area contributed by atoms with E-state index in [4.69, 9.17) is 19.9 Å². The van der Waals surface area contributed by atoms with Gasteiger partial charge >= 0.3 is 6.09 Å². The van der Waals surface area contributed by atoms with E-state index in [0.29, 0.717) is 64.1 Å². The fourth-order valence-electron chi connectivity index (χ4n) is 9.26. The minimum absolute atomic E-state index is 0.0309. The Bertz CT molecular complexity index is 2570. The topological polar surface area (TPSA) is 276 Å². The molecule has 21 nitrogen and oxygen atoms in total. The number of nitrogens with zero attached hydrogens (tertiary/aromatic N) is 6. The summed E-state index contributed by atoms with van der Waals surface area (Å²) < 4.78 is 19.2. The molecule has 2 unspecified atom stereocenters. The SMILES string of the molecule is CCCCCNc1nc(N)nc2ccn(Cc3ccc(CN4CCN(C(=O)OCc5ccc(O[C@@H]6OC[C@@H](O)[C@H](O)[C@H]6O)c(NC(=O)CCNC(=O)C(C)CCCCN6C(=O)CC(C)C6=O)c5)CC4)cc3C)c12. The van der Waals surface area contributed by atoms with Gasteiger partial charge in [0.05, 0.1) is 17.8 Å². The third-order valence-electron chi connectivity index (χ3n) is 13.7. The Labute approximate surface area is 425 Å². The van der Waals surface area contributed by atoms with Crippen LogP contribution in [0, 0.1) is 18.8 Å². The molecule has 7 rings (SSSR count). The predicted molar refractivity (Wildman–Crippen MR) is 272 cm³/mol. The van der Waals surface area contributed by atoms with Gasteiger partial charge in [0.2, 0.25) is 35.9 Å². The minimum Gasteiger partial charge on any atom is -0.460 e. The van der Waals surface area contributed by atoms with E-state index in [-0.39, 0.29) is 79.5 Å². The number of hydrogen-bond acceptors (Lipinski definition) is 16. The quantitative estimate of drug-likeness (QED) is 0.0410. The second-order valence-corrected chi connectivity index (χ2v) is 19.5. The highest BCUT2D eigenvalue weighted by Crippen LogP contribution is 2.31. The van der Waals surface area contributed by atoms with Crippen LogP contribution in [0.15, 0.2) is 48.7 Å². The molecule has 0 radical (unpaired) electrons. The number of piperazine rings is 1. The van der Waals surface area contributed by atoms with Gasteiger partial charge in [0, 0.05) is 89.8 Å². The molecule has 0 aliphatic carbocycles. The number of amides is 5. The zero-order chi connectivity index (χ0) is 52.2. The number of likely N-dealkylation sites (tertiary alicyclic amines) is 1. The average molecular weight is 1010 g/mol. The Balaban J connectivity index is 0.881. The van der Waals surface area contributed by atoms with Gasteiger partial charge in [-0.2, -0.15) is 4.98 Å². The maximum absolute atomic E-state index is 13.3. The molecule has 5 heterocycles. The number of imide groups is 1. The highest BCUT2D eigenvalue weighted by Gasteiger charge is 2.39. The molecule has 0 bridgehead atoms. The third-order valence-corrected chi connectivity index (χ3v) is 13.7. The summed E-state index contributed by atoms with van der Waals surface area (Å²) in [6.45, 7) is 12.2.